The van der Waals surface area contributed by atoms with Gasteiger partial charge in [0.15, 0.2) is 0 Å². The Kier molecular flexibility index (Phi) is 7.63. The van der Waals surface area contributed by atoms with Crippen LogP contribution in [0, 0.1) is 29.6 Å². The lowest BCUT2D eigenvalue weighted by Gasteiger charge is -2.32. The predicted molar refractivity (Wildman–Crippen MR) is 141 cm³/mol. The molecule has 2 aromatic carbocycles. The van der Waals surface area contributed by atoms with Gasteiger partial charge in [-0.1, -0.05) is 68.4 Å². The summed E-state index contributed by atoms with van der Waals surface area (Å²) in [6.45, 7) is 4.24. The number of nitrogens with one attached hydrogen (secondary N) is 2. The summed E-state index contributed by atoms with van der Waals surface area (Å²) in [5.41, 5.74) is 3.40. The molecule has 3 aliphatic carbocycles. The van der Waals surface area contributed by atoms with Crippen molar-refractivity contribution < 1.29 is 19.1 Å². The molecule has 196 valence electrons. The fourth-order valence-electron chi connectivity index (χ4n) is 6.69. The molecule has 0 spiro atoms. The Morgan fingerprint density at radius 3 is 2.22 bits per heavy atom. The normalized spacial score (nSPS) is 25.1. The first-order chi connectivity index (χ1) is 17.9. The molecule has 37 heavy (non-hydrogen) atoms. The molecule has 0 aromatic heterocycles. The molecule has 5 rings (SSSR count). The lowest BCUT2D eigenvalue weighted by atomic mass is 9.83. The van der Waals surface area contributed by atoms with Gasteiger partial charge in [-0.05, 0) is 73.0 Å². The summed E-state index contributed by atoms with van der Waals surface area (Å²) < 4.78 is 5.58. The first kappa shape index (κ1) is 25.5. The highest BCUT2D eigenvalue weighted by molar-refractivity contribution is 5.88. The van der Waals surface area contributed by atoms with E-state index in [-0.39, 0.29) is 48.1 Å². The van der Waals surface area contributed by atoms with Crippen molar-refractivity contribution in [2.24, 2.45) is 29.6 Å². The van der Waals surface area contributed by atoms with Crippen LogP contribution in [0.4, 0.5) is 0 Å². The van der Waals surface area contributed by atoms with Crippen molar-refractivity contribution >= 4 is 17.8 Å². The zero-order chi connectivity index (χ0) is 25.9. The quantitative estimate of drug-likeness (QED) is 0.503. The van der Waals surface area contributed by atoms with Gasteiger partial charge in [-0.3, -0.25) is 9.59 Å². The van der Waals surface area contributed by atoms with Crippen LogP contribution >= 0.6 is 0 Å². The molecule has 0 heterocycles. The van der Waals surface area contributed by atoms with Crippen LogP contribution in [-0.2, 0) is 38.6 Å². The molecule has 2 bridgehead atoms. The van der Waals surface area contributed by atoms with Crippen LogP contribution in [-0.4, -0.2) is 29.9 Å². The van der Waals surface area contributed by atoms with Gasteiger partial charge in [-0.15, -0.1) is 0 Å². The molecular formula is C31H38N2O4. The van der Waals surface area contributed by atoms with E-state index < -0.39 is 12.0 Å². The van der Waals surface area contributed by atoms with E-state index in [1.165, 1.54) is 11.1 Å². The zero-order valence-electron chi connectivity index (χ0n) is 21.8. The second kappa shape index (κ2) is 11.1. The Hall–Kier alpha value is -3.15. The Balaban J connectivity index is 1.23. The van der Waals surface area contributed by atoms with Gasteiger partial charge in [0.05, 0.1) is 5.92 Å². The van der Waals surface area contributed by atoms with Crippen molar-refractivity contribution in [1.82, 2.24) is 10.6 Å². The third kappa shape index (κ3) is 5.73. The Morgan fingerprint density at radius 2 is 1.54 bits per heavy atom. The largest absolute Gasteiger partial charge is 0.459 e. The lowest BCUT2D eigenvalue weighted by molar-refractivity contribution is -0.150. The van der Waals surface area contributed by atoms with Crippen LogP contribution in [0.1, 0.15) is 56.2 Å². The fourth-order valence-corrected chi connectivity index (χ4v) is 6.69. The van der Waals surface area contributed by atoms with Gasteiger partial charge in [0.1, 0.15) is 12.6 Å². The molecule has 0 unspecified atom stereocenters. The number of carbonyl (C=O) groups excluding carboxylic acids is 3. The standard InChI is InChI=1S/C31H38N2O4/c1-19(2)14-26(31(36)37-18-20-8-4-3-5-9-20)32-30(35)27-23-12-13-24(17-23)28(27)33-29(34)25-15-21-10-6-7-11-22(21)16-25/h3-11,19,23-28H,12-18H2,1-2H3,(H,32,35)(H,33,34)/t23-,24+,26-,27-,28+/m0/s1. The van der Waals surface area contributed by atoms with Crippen molar-refractivity contribution in [2.45, 2.75) is 71.1 Å². The topological polar surface area (TPSA) is 84.5 Å². The average Bonchev–Trinajstić information content (AvgIpc) is 3.62. The molecule has 2 saturated carbocycles. The van der Waals surface area contributed by atoms with E-state index in [9.17, 15) is 14.4 Å². The Labute approximate surface area is 219 Å². The molecule has 0 saturated heterocycles. The number of rotatable bonds is 9. The summed E-state index contributed by atoms with van der Waals surface area (Å²) in [7, 11) is 0. The van der Waals surface area contributed by atoms with Gasteiger partial charge in [-0.25, -0.2) is 4.79 Å². The number of benzene rings is 2. The van der Waals surface area contributed by atoms with Gasteiger partial charge < -0.3 is 15.4 Å². The average molecular weight is 503 g/mol. The number of hydrogen-bond donors (Lipinski definition) is 2. The third-order valence-corrected chi connectivity index (χ3v) is 8.48. The summed E-state index contributed by atoms with van der Waals surface area (Å²) in [5, 5.41) is 6.33. The maximum atomic E-state index is 13.6. The number of carbonyl (C=O) groups is 3. The molecule has 6 heteroatoms. The van der Waals surface area contributed by atoms with Crippen molar-refractivity contribution in [3.8, 4) is 0 Å². The number of ether oxygens (including phenoxy) is 1. The first-order valence-corrected chi connectivity index (χ1v) is 13.8. The van der Waals surface area contributed by atoms with Gasteiger partial charge in [0.25, 0.3) is 0 Å². The summed E-state index contributed by atoms with van der Waals surface area (Å²) in [6.07, 6.45) is 5.02. The van der Waals surface area contributed by atoms with Gasteiger partial charge in [-0.2, -0.15) is 0 Å². The highest BCUT2D eigenvalue weighted by Gasteiger charge is 2.52. The van der Waals surface area contributed by atoms with Crippen LogP contribution in [0.3, 0.4) is 0 Å². The van der Waals surface area contributed by atoms with Crippen LogP contribution < -0.4 is 10.6 Å². The molecule has 2 amide bonds. The molecular weight excluding hydrogens is 464 g/mol. The van der Waals surface area contributed by atoms with Crippen molar-refractivity contribution in [2.75, 3.05) is 0 Å². The third-order valence-electron chi connectivity index (χ3n) is 8.48. The summed E-state index contributed by atoms with van der Waals surface area (Å²) >= 11 is 0. The SMILES string of the molecule is CC(C)C[C@H](NC(=O)[C@H]1[C@H]2CC[C@H](C2)[C@H]1NC(=O)C1Cc2ccccc2C1)C(=O)OCc1ccccc1. The molecule has 6 nitrogen and oxygen atoms in total. The van der Waals surface area contributed by atoms with Crippen LogP contribution in [0.25, 0.3) is 0 Å². The molecule has 3 aliphatic rings. The van der Waals surface area contributed by atoms with Crippen molar-refractivity contribution in [3.05, 3.63) is 71.3 Å². The molecule has 0 radical (unpaired) electrons. The number of esters is 1. The Bertz CT molecular complexity index is 1110. The number of hydrogen-bond acceptors (Lipinski definition) is 4. The summed E-state index contributed by atoms with van der Waals surface area (Å²) in [4.78, 5) is 39.9. The van der Waals surface area contributed by atoms with E-state index in [0.29, 0.717) is 12.3 Å². The van der Waals surface area contributed by atoms with Crippen LogP contribution in [0.5, 0.6) is 0 Å². The molecule has 5 atom stereocenters. The number of fused-ring (bicyclic) bond motifs is 3. The van der Waals surface area contributed by atoms with Gasteiger partial charge in [0, 0.05) is 12.0 Å². The van der Waals surface area contributed by atoms with E-state index in [1.54, 1.807) is 0 Å². The maximum absolute atomic E-state index is 13.6. The molecule has 2 aromatic rings. The van der Waals surface area contributed by atoms with E-state index in [4.69, 9.17) is 4.74 Å². The minimum absolute atomic E-state index is 0.0487. The first-order valence-electron chi connectivity index (χ1n) is 13.8. The van der Waals surface area contributed by atoms with E-state index in [2.05, 4.69) is 22.8 Å². The van der Waals surface area contributed by atoms with E-state index >= 15 is 0 Å². The Morgan fingerprint density at radius 1 is 0.892 bits per heavy atom. The lowest BCUT2D eigenvalue weighted by Crippen LogP contribution is -2.54. The maximum Gasteiger partial charge on any atom is 0.328 e. The van der Waals surface area contributed by atoms with Crippen molar-refractivity contribution in [3.63, 3.8) is 0 Å². The molecule has 0 aliphatic heterocycles. The second-order valence-corrected chi connectivity index (χ2v) is 11.6. The zero-order valence-corrected chi connectivity index (χ0v) is 21.8. The van der Waals surface area contributed by atoms with E-state index in [1.807, 2.05) is 56.3 Å². The highest BCUT2D eigenvalue weighted by Crippen LogP contribution is 2.49. The monoisotopic (exact) mass is 502 g/mol. The van der Waals surface area contributed by atoms with Crippen LogP contribution in [0.2, 0.25) is 0 Å². The number of amides is 2. The molecule has 2 fully saturated rings. The van der Waals surface area contributed by atoms with Crippen LogP contribution in [0.15, 0.2) is 54.6 Å². The fraction of sp³-hybridized carbons (Fsp3) is 0.516. The highest BCUT2D eigenvalue weighted by atomic mass is 16.5. The minimum Gasteiger partial charge on any atom is -0.459 e. The molecule has 2 N–H and O–H groups in total. The minimum atomic E-state index is -0.698. The second-order valence-electron chi connectivity index (χ2n) is 11.6. The summed E-state index contributed by atoms with van der Waals surface area (Å²) in [6, 6.07) is 16.9. The van der Waals surface area contributed by atoms with Gasteiger partial charge in [0.2, 0.25) is 11.8 Å². The predicted octanol–water partition coefficient (Wildman–Crippen LogP) is 4.21. The van der Waals surface area contributed by atoms with Crippen molar-refractivity contribution in [1.29, 1.82) is 0 Å². The summed E-state index contributed by atoms with van der Waals surface area (Å²) in [5.74, 6) is -0.0855. The van der Waals surface area contributed by atoms with E-state index in [0.717, 1.165) is 37.7 Å². The van der Waals surface area contributed by atoms with Gasteiger partial charge >= 0.3 is 5.97 Å². The smallest absolute Gasteiger partial charge is 0.328 e.